The first-order chi connectivity index (χ1) is 30.5. The Labute approximate surface area is 386 Å². The smallest absolute Gasteiger partial charge is 0.249 e. The van der Waals surface area contributed by atoms with Gasteiger partial charge in [0.1, 0.15) is 12.2 Å². The van der Waals surface area contributed by atoms with Gasteiger partial charge in [0.2, 0.25) is 5.91 Å². The van der Waals surface area contributed by atoms with Crippen LogP contribution in [0.3, 0.4) is 0 Å². The standard InChI is InChI=1S/C56H107NO5/c1-3-5-7-9-11-13-15-17-19-20-21-22-23-24-25-26-27-28-29-30-31-32-33-34-35-36-38-40-42-44-46-48-50-54(60)56(62)57-52(51-58)55(61)53(59)49-47-45-43-41-39-37-18-16-14-12-10-8-6-4-2/h8,10,16,18,41,43,52-55,58-61H,3-7,9,11-15,17,19-40,42,44-51H2,1-2H3,(H,57,62)/b10-8+,18-16+,43-41+. The summed E-state index contributed by atoms with van der Waals surface area (Å²) < 4.78 is 0. The molecule has 0 spiro atoms. The molecule has 62 heavy (non-hydrogen) atoms. The van der Waals surface area contributed by atoms with Crippen LogP contribution in [-0.4, -0.2) is 57.3 Å². The summed E-state index contributed by atoms with van der Waals surface area (Å²) in [6.07, 6.45) is 62.3. The van der Waals surface area contributed by atoms with E-state index in [2.05, 4.69) is 55.6 Å². The SMILES string of the molecule is CCC/C=C/CC/C=C/CC/C=C/CCCC(O)C(O)C(CO)NC(=O)C(O)CCCCCCCCCCCCCCCCCCCCCCCCCCCCCCCCCC. The normalized spacial score (nSPS) is 14.1. The first kappa shape index (κ1) is 60.5. The Morgan fingerprint density at radius 1 is 0.387 bits per heavy atom. The molecular weight excluding hydrogens is 767 g/mol. The minimum absolute atomic E-state index is 0.362. The lowest BCUT2D eigenvalue weighted by Gasteiger charge is -2.27. The van der Waals surface area contributed by atoms with Crippen molar-refractivity contribution in [3.63, 3.8) is 0 Å². The summed E-state index contributed by atoms with van der Waals surface area (Å²) in [6.45, 7) is 3.99. The van der Waals surface area contributed by atoms with Crippen molar-refractivity contribution in [2.45, 2.75) is 308 Å². The number of carbonyl (C=O) groups excluding carboxylic acids is 1. The first-order valence-electron chi connectivity index (χ1n) is 27.4. The van der Waals surface area contributed by atoms with Gasteiger partial charge < -0.3 is 25.7 Å². The second-order valence-corrected chi connectivity index (χ2v) is 18.9. The molecule has 4 unspecified atom stereocenters. The molecule has 0 saturated carbocycles. The van der Waals surface area contributed by atoms with Crippen molar-refractivity contribution in [2.75, 3.05) is 6.61 Å². The Balaban J connectivity index is 3.57. The number of rotatable bonds is 50. The van der Waals surface area contributed by atoms with Gasteiger partial charge >= 0.3 is 0 Å². The van der Waals surface area contributed by atoms with Gasteiger partial charge in [-0.15, -0.1) is 0 Å². The topological polar surface area (TPSA) is 110 Å². The Morgan fingerprint density at radius 2 is 0.694 bits per heavy atom. The van der Waals surface area contributed by atoms with Gasteiger partial charge in [-0.2, -0.15) is 0 Å². The van der Waals surface area contributed by atoms with E-state index < -0.39 is 36.9 Å². The average Bonchev–Trinajstić information content (AvgIpc) is 3.28. The lowest BCUT2D eigenvalue weighted by Crippen LogP contribution is -2.53. The molecule has 5 N–H and O–H groups in total. The van der Waals surface area contributed by atoms with Gasteiger partial charge in [0.15, 0.2) is 0 Å². The third-order valence-electron chi connectivity index (χ3n) is 12.8. The van der Waals surface area contributed by atoms with Gasteiger partial charge in [0.25, 0.3) is 0 Å². The second-order valence-electron chi connectivity index (χ2n) is 18.9. The summed E-state index contributed by atoms with van der Waals surface area (Å²) in [5.74, 6) is -0.596. The van der Waals surface area contributed by atoms with Crippen LogP contribution in [0.1, 0.15) is 284 Å². The molecule has 6 nitrogen and oxygen atoms in total. The third-order valence-corrected chi connectivity index (χ3v) is 12.8. The highest BCUT2D eigenvalue weighted by Crippen LogP contribution is 2.18. The Bertz CT molecular complexity index is 981. The van der Waals surface area contributed by atoms with Gasteiger partial charge in [-0.25, -0.2) is 0 Å². The molecule has 1 amide bonds. The van der Waals surface area contributed by atoms with E-state index in [9.17, 15) is 25.2 Å². The highest BCUT2D eigenvalue weighted by atomic mass is 16.3. The molecule has 0 saturated heterocycles. The summed E-state index contributed by atoms with van der Waals surface area (Å²) >= 11 is 0. The molecule has 0 aromatic heterocycles. The summed E-state index contributed by atoms with van der Waals surface area (Å²) in [6, 6.07) is -1.01. The van der Waals surface area contributed by atoms with Crippen molar-refractivity contribution in [1.29, 1.82) is 0 Å². The van der Waals surface area contributed by atoms with E-state index in [1.54, 1.807) is 0 Å². The number of aliphatic hydroxyl groups excluding tert-OH is 4. The molecule has 4 atom stereocenters. The molecular formula is C56H107NO5. The summed E-state index contributed by atoms with van der Waals surface area (Å²) in [5, 5.41) is 43.8. The van der Waals surface area contributed by atoms with Crippen molar-refractivity contribution in [1.82, 2.24) is 5.32 Å². The number of unbranched alkanes of at least 4 members (excludes halogenated alkanes) is 35. The van der Waals surface area contributed by atoms with Crippen LogP contribution in [0.4, 0.5) is 0 Å². The van der Waals surface area contributed by atoms with E-state index in [4.69, 9.17) is 0 Å². The number of hydrogen-bond donors (Lipinski definition) is 5. The van der Waals surface area contributed by atoms with Crippen LogP contribution in [0.25, 0.3) is 0 Å². The van der Waals surface area contributed by atoms with E-state index in [1.165, 1.54) is 193 Å². The van der Waals surface area contributed by atoms with E-state index in [0.29, 0.717) is 19.3 Å². The largest absolute Gasteiger partial charge is 0.394 e. The van der Waals surface area contributed by atoms with Gasteiger partial charge in [-0.1, -0.05) is 262 Å². The monoisotopic (exact) mass is 874 g/mol. The van der Waals surface area contributed by atoms with E-state index in [1.807, 2.05) is 0 Å². The summed E-state index contributed by atoms with van der Waals surface area (Å²) in [5.41, 5.74) is 0. The zero-order valence-electron chi connectivity index (χ0n) is 41.4. The van der Waals surface area contributed by atoms with Gasteiger partial charge in [-0.05, 0) is 57.8 Å². The maximum Gasteiger partial charge on any atom is 0.249 e. The maximum atomic E-state index is 12.6. The maximum absolute atomic E-state index is 12.6. The van der Waals surface area contributed by atoms with Gasteiger partial charge in [0, 0.05) is 0 Å². The van der Waals surface area contributed by atoms with E-state index in [0.717, 1.165) is 57.8 Å². The average molecular weight is 874 g/mol. The van der Waals surface area contributed by atoms with Crippen molar-refractivity contribution >= 4 is 5.91 Å². The van der Waals surface area contributed by atoms with Crippen LogP contribution >= 0.6 is 0 Å². The molecule has 0 radical (unpaired) electrons. The second kappa shape index (κ2) is 50.5. The van der Waals surface area contributed by atoms with Gasteiger partial charge in [0.05, 0.1) is 18.8 Å². The third kappa shape index (κ3) is 43.8. The van der Waals surface area contributed by atoms with Crippen LogP contribution in [0.15, 0.2) is 36.5 Å². The molecule has 0 rings (SSSR count). The van der Waals surface area contributed by atoms with Gasteiger partial charge in [-0.3, -0.25) is 4.79 Å². The molecule has 0 aromatic rings. The minimum atomic E-state index is -1.29. The van der Waals surface area contributed by atoms with Crippen LogP contribution < -0.4 is 5.32 Å². The zero-order valence-corrected chi connectivity index (χ0v) is 41.4. The molecule has 0 aromatic carbocycles. The molecule has 0 heterocycles. The molecule has 0 aliphatic heterocycles. The minimum Gasteiger partial charge on any atom is -0.394 e. The van der Waals surface area contributed by atoms with Crippen molar-refractivity contribution in [3.8, 4) is 0 Å². The van der Waals surface area contributed by atoms with E-state index >= 15 is 0 Å². The number of carbonyl (C=O) groups is 1. The van der Waals surface area contributed by atoms with Crippen molar-refractivity contribution in [3.05, 3.63) is 36.5 Å². The summed E-state index contributed by atoms with van der Waals surface area (Å²) in [4.78, 5) is 12.6. The summed E-state index contributed by atoms with van der Waals surface area (Å²) in [7, 11) is 0. The quantitative estimate of drug-likeness (QED) is 0.0309. The number of nitrogens with one attached hydrogen (secondary N) is 1. The highest BCUT2D eigenvalue weighted by Gasteiger charge is 2.28. The molecule has 0 bridgehead atoms. The molecule has 366 valence electrons. The molecule has 0 aliphatic carbocycles. The lowest BCUT2D eigenvalue weighted by atomic mass is 10.00. The number of allylic oxidation sites excluding steroid dienone is 6. The van der Waals surface area contributed by atoms with Crippen molar-refractivity contribution < 1.29 is 25.2 Å². The van der Waals surface area contributed by atoms with Crippen molar-refractivity contribution in [2.24, 2.45) is 0 Å². The fourth-order valence-electron chi connectivity index (χ4n) is 8.51. The number of hydrogen-bond acceptors (Lipinski definition) is 5. The van der Waals surface area contributed by atoms with Crippen LogP contribution in [0.2, 0.25) is 0 Å². The fraction of sp³-hybridized carbons (Fsp3) is 0.875. The Hall–Kier alpha value is -1.47. The predicted octanol–water partition coefficient (Wildman–Crippen LogP) is 15.6. The molecule has 0 fully saturated rings. The number of aliphatic hydroxyl groups is 4. The Kier molecular flexibility index (Phi) is 49.3. The van der Waals surface area contributed by atoms with Crippen LogP contribution in [0, 0.1) is 0 Å². The van der Waals surface area contributed by atoms with Crippen LogP contribution in [-0.2, 0) is 4.79 Å². The zero-order chi connectivity index (χ0) is 45.2. The molecule has 0 aliphatic rings. The molecule has 6 heteroatoms. The van der Waals surface area contributed by atoms with Crippen LogP contribution in [0.5, 0.6) is 0 Å². The van der Waals surface area contributed by atoms with E-state index in [-0.39, 0.29) is 0 Å². The predicted molar refractivity (Wildman–Crippen MR) is 270 cm³/mol. The highest BCUT2D eigenvalue weighted by molar-refractivity contribution is 5.80. The first-order valence-corrected chi connectivity index (χ1v) is 27.4. The lowest BCUT2D eigenvalue weighted by molar-refractivity contribution is -0.132. The number of amides is 1. The fourth-order valence-corrected chi connectivity index (χ4v) is 8.51. The Morgan fingerprint density at radius 3 is 1.02 bits per heavy atom.